The van der Waals surface area contributed by atoms with Crippen molar-refractivity contribution in [3.05, 3.63) is 64.1 Å². The van der Waals surface area contributed by atoms with E-state index in [1.54, 1.807) is 18.4 Å². The van der Waals surface area contributed by atoms with Crippen LogP contribution in [0.5, 0.6) is 0 Å². The maximum Gasteiger partial charge on any atom is 0.191 e. The number of aromatic nitrogens is 1. The third-order valence-corrected chi connectivity index (χ3v) is 5.00. The predicted molar refractivity (Wildman–Crippen MR) is 118 cm³/mol. The molecule has 0 aliphatic rings. The molecule has 132 valence electrons. The summed E-state index contributed by atoms with van der Waals surface area (Å²) in [7, 11) is 1.79. The maximum atomic E-state index is 4.42. The fourth-order valence-corrected chi connectivity index (χ4v) is 3.31. The van der Waals surface area contributed by atoms with E-state index < -0.39 is 0 Å². The van der Waals surface area contributed by atoms with Gasteiger partial charge in [-0.25, -0.2) is 4.98 Å². The van der Waals surface area contributed by atoms with Gasteiger partial charge in [-0.1, -0.05) is 43.3 Å². The number of thiazole rings is 1. The van der Waals surface area contributed by atoms with E-state index in [0.717, 1.165) is 23.9 Å². The first-order chi connectivity index (χ1) is 11.8. The maximum absolute atomic E-state index is 4.42. The zero-order valence-electron chi connectivity index (χ0n) is 14.5. The van der Waals surface area contributed by atoms with Crippen molar-refractivity contribution in [2.75, 3.05) is 7.05 Å². The van der Waals surface area contributed by atoms with Crippen LogP contribution in [-0.2, 0) is 19.5 Å². The summed E-state index contributed by atoms with van der Waals surface area (Å²) in [6.07, 6.45) is 2.99. The summed E-state index contributed by atoms with van der Waals surface area (Å²) in [4.78, 5) is 10.0. The second-order valence-corrected chi connectivity index (χ2v) is 6.73. The SMILES string of the molecule is CCc1cnc(CNC(=NC)NCc2ccc3ccccc3c2)s1.I. The summed E-state index contributed by atoms with van der Waals surface area (Å²) in [5.74, 6) is 0.788. The summed E-state index contributed by atoms with van der Waals surface area (Å²) in [5.41, 5.74) is 1.24. The first-order valence-electron chi connectivity index (χ1n) is 8.14. The highest BCUT2D eigenvalue weighted by Crippen LogP contribution is 2.15. The van der Waals surface area contributed by atoms with Gasteiger partial charge in [0.15, 0.2) is 5.96 Å². The van der Waals surface area contributed by atoms with Crippen molar-refractivity contribution >= 4 is 52.0 Å². The fourth-order valence-electron chi connectivity index (χ4n) is 2.51. The first-order valence-corrected chi connectivity index (χ1v) is 8.96. The Hall–Kier alpha value is -1.67. The summed E-state index contributed by atoms with van der Waals surface area (Å²) in [6, 6.07) is 14.9. The van der Waals surface area contributed by atoms with E-state index >= 15 is 0 Å². The summed E-state index contributed by atoms with van der Waals surface area (Å²) in [5, 5.41) is 10.3. The van der Waals surface area contributed by atoms with Crippen LogP contribution in [0.15, 0.2) is 53.7 Å². The molecule has 2 aromatic carbocycles. The minimum Gasteiger partial charge on any atom is -0.352 e. The lowest BCUT2D eigenvalue weighted by Crippen LogP contribution is -2.36. The van der Waals surface area contributed by atoms with Crippen molar-refractivity contribution in [1.29, 1.82) is 0 Å². The molecule has 25 heavy (non-hydrogen) atoms. The van der Waals surface area contributed by atoms with E-state index in [0.29, 0.717) is 6.54 Å². The zero-order chi connectivity index (χ0) is 16.8. The molecule has 0 bridgehead atoms. The van der Waals surface area contributed by atoms with Gasteiger partial charge in [-0.2, -0.15) is 0 Å². The quantitative estimate of drug-likeness (QED) is 0.334. The standard InChI is InChI=1S/C19H22N4S.HI/c1-3-17-12-21-18(24-17)13-23-19(20-2)22-11-14-8-9-15-6-4-5-7-16(15)10-14;/h4-10,12H,3,11,13H2,1-2H3,(H2,20,22,23);1H. The molecular weight excluding hydrogens is 443 g/mol. The minimum atomic E-state index is 0. The van der Waals surface area contributed by atoms with E-state index in [-0.39, 0.29) is 24.0 Å². The number of benzene rings is 2. The van der Waals surface area contributed by atoms with Crippen molar-refractivity contribution in [3.8, 4) is 0 Å². The summed E-state index contributed by atoms with van der Waals surface area (Å²) >= 11 is 1.74. The molecule has 0 unspecified atom stereocenters. The van der Waals surface area contributed by atoms with Gasteiger partial charge in [0.05, 0.1) is 6.54 Å². The summed E-state index contributed by atoms with van der Waals surface area (Å²) < 4.78 is 0. The van der Waals surface area contributed by atoms with Crippen LogP contribution in [0.4, 0.5) is 0 Å². The average Bonchev–Trinajstić information content (AvgIpc) is 3.10. The Morgan fingerprint density at radius 3 is 2.56 bits per heavy atom. The highest BCUT2D eigenvalue weighted by molar-refractivity contribution is 14.0. The molecule has 0 amide bonds. The van der Waals surface area contributed by atoms with Crippen LogP contribution in [-0.4, -0.2) is 18.0 Å². The number of hydrogen-bond acceptors (Lipinski definition) is 3. The Kier molecular flexibility index (Phi) is 7.64. The topological polar surface area (TPSA) is 49.3 Å². The van der Waals surface area contributed by atoms with Crippen molar-refractivity contribution in [2.24, 2.45) is 4.99 Å². The monoisotopic (exact) mass is 466 g/mol. The molecule has 0 aliphatic heterocycles. The van der Waals surface area contributed by atoms with E-state index in [9.17, 15) is 0 Å². The normalized spacial score (nSPS) is 11.2. The van der Waals surface area contributed by atoms with Crippen molar-refractivity contribution in [3.63, 3.8) is 0 Å². The number of hydrogen-bond donors (Lipinski definition) is 2. The molecule has 0 fully saturated rings. The molecule has 6 heteroatoms. The van der Waals surface area contributed by atoms with Crippen LogP contribution in [0.3, 0.4) is 0 Å². The average molecular weight is 466 g/mol. The van der Waals surface area contributed by atoms with Crippen molar-refractivity contribution in [1.82, 2.24) is 15.6 Å². The molecule has 3 rings (SSSR count). The highest BCUT2D eigenvalue weighted by Gasteiger charge is 2.03. The Bertz CT molecular complexity index is 844. The minimum absolute atomic E-state index is 0. The largest absolute Gasteiger partial charge is 0.352 e. The molecule has 0 aliphatic carbocycles. The third kappa shape index (κ3) is 5.40. The van der Waals surface area contributed by atoms with Gasteiger partial charge in [0, 0.05) is 24.7 Å². The Balaban J connectivity index is 0.00000225. The van der Waals surface area contributed by atoms with Crippen LogP contribution in [0.1, 0.15) is 22.4 Å². The van der Waals surface area contributed by atoms with Gasteiger partial charge in [0.2, 0.25) is 0 Å². The molecule has 0 radical (unpaired) electrons. The fraction of sp³-hybridized carbons (Fsp3) is 0.263. The first kappa shape index (κ1) is 19.7. The number of aryl methyl sites for hydroxylation is 1. The number of guanidine groups is 1. The van der Waals surface area contributed by atoms with E-state index in [1.807, 2.05) is 6.20 Å². The van der Waals surface area contributed by atoms with Gasteiger partial charge in [-0.05, 0) is 28.8 Å². The molecule has 1 aromatic heterocycles. The van der Waals surface area contributed by atoms with Crippen LogP contribution in [0.25, 0.3) is 10.8 Å². The molecule has 0 atom stereocenters. The molecule has 2 N–H and O–H groups in total. The van der Waals surface area contributed by atoms with Crippen molar-refractivity contribution in [2.45, 2.75) is 26.4 Å². The molecule has 0 saturated heterocycles. The van der Waals surface area contributed by atoms with Gasteiger partial charge < -0.3 is 10.6 Å². The van der Waals surface area contributed by atoms with Gasteiger partial charge >= 0.3 is 0 Å². The lowest BCUT2D eigenvalue weighted by molar-refractivity contribution is 0.805. The molecule has 0 spiro atoms. The number of fused-ring (bicyclic) bond motifs is 1. The molecule has 0 saturated carbocycles. The van der Waals surface area contributed by atoms with Crippen molar-refractivity contribution < 1.29 is 0 Å². The Morgan fingerprint density at radius 1 is 1.08 bits per heavy atom. The van der Waals surface area contributed by atoms with Gasteiger partial charge in [-0.15, -0.1) is 35.3 Å². The van der Waals surface area contributed by atoms with E-state index in [4.69, 9.17) is 0 Å². The van der Waals surface area contributed by atoms with E-state index in [2.05, 4.69) is 70.0 Å². The highest BCUT2D eigenvalue weighted by atomic mass is 127. The molecule has 1 heterocycles. The molecule has 3 aromatic rings. The number of nitrogens with zero attached hydrogens (tertiary/aromatic N) is 2. The smallest absolute Gasteiger partial charge is 0.191 e. The molecular formula is C19H23IN4S. The number of halogens is 1. The third-order valence-electron chi connectivity index (χ3n) is 3.85. The molecule has 4 nitrogen and oxygen atoms in total. The van der Waals surface area contributed by atoms with Crippen LogP contribution in [0.2, 0.25) is 0 Å². The van der Waals surface area contributed by atoms with Gasteiger partial charge in [-0.3, -0.25) is 4.99 Å². The van der Waals surface area contributed by atoms with Crippen LogP contribution >= 0.6 is 35.3 Å². The van der Waals surface area contributed by atoms with E-state index in [1.165, 1.54) is 21.2 Å². The number of nitrogens with one attached hydrogen (secondary N) is 2. The predicted octanol–water partition coefficient (Wildman–Crippen LogP) is 4.34. The summed E-state index contributed by atoms with van der Waals surface area (Å²) in [6.45, 7) is 3.58. The van der Waals surface area contributed by atoms with Crippen LogP contribution < -0.4 is 10.6 Å². The number of rotatable bonds is 5. The van der Waals surface area contributed by atoms with Gasteiger partial charge in [0.25, 0.3) is 0 Å². The second kappa shape index (κ2) is 9.72. The Labute approximate surface area is 169 Å². The zero-order valence-corrected chi connectivity index (χ0v) is 17.6. The second-order valence-electron chi connectivity index (χ2n) is 5.53. The van der Waals surface area contributed by atoms with Gasteiger partial charge in [0.1, 0.15) is 5.01 Å². The lowest BCUT2D eigenvalue weighted by Gasteiger charge is -2.11. The number of aliphatic imine (C=N–C) groups is 1. The lowest BCUT2D eigenvalue weighted by atomic mass is 10.1. The Morgan fingerprint density at radius 2 is 1.84 bits per heavy atom. The van der Waals surface area contributed by atoms with Crippen LogP contribution in [0, 0.1) is 0 Å².